The van der Waals surface area contributed by atoms with Crippen molar-refractivity contribution >= 4 is 23.4 Å². The maximum atomic E-state index is 12.7. The third-order valence-corrected chi connectivity index (χ3v) is 5.77. The van der Waals surface area contributed by atoms with E-state index in [9.17, 15) is 14.7 Å². The van der Waals surface area contributed by atoms with Crippen molar-refractivity contribution in [3.63, 3.8) is 0 Å². The van der Waals surface area contributed by atoms with Crippen LogP contribution in [0.2, 0.25) is 5.02 Å². The number of halogens is 1. The molecule has 148 valence electrons. The Hall–Kier alpha value is -2.42. The summed E-state index contributed by atoms with van der Waals surface area (Å²) in [7, 11) is 1.57. The summed E-state index contributed by atoms with van der Waals surface area (Å²) in [6, 6.07) is 6.22. The van der Waals surface area contributed by atoms with Gasteiger partial charge in [0.05, 0.1) is 23.5 Å². The lowest BCUT2D eigenvalue weighted by molar-refractivity contribution is -0.165. The van der Waals surface area contributed by atoms with Crippen LogP contribution >= 0.6 is 11.6 Å². The van der Waals surface area contributed by atoms with Crippen LogP contribution in [0, 0.1) is 0 Å². The topological polar surface area (TPSA) is 81.9 Å². The summed E-state index contributed by atoms with van der Waals surface area (Å²) in [5.41, 5.74) is 1.81. The van der Waals surface area contributed by atoms with Gasteiger partial charge in [-0.1, -0.05) is 23.7 Å². The van der Waals surface area contributed by atoms with Gasteiger partial charge in [-0.3, -0.25) is 14.5 Å². The molecule has 3 heterocycles. The van der Waals surface area contributed by atoms with Crippen molar-refractivity contribution < 1.29 is 14.7 Å². The summed E-state index contributed by atoms with van der Waals surface area (Å²) in [5, 5.41) is 14.4. The zero-order chi connectivity index (χ0) is 19.8. The first kappa shape index (κ1) is 18.9. The average molecular weight is 404 g/mol. The zero-order valence-corrected chi connectivity index (χ0v) is 16.3. The van der Waals surface area contributed by atoms with Gasteiger partial charge in [0.25, 0.3) is 0 Å². The lowest BCUT2D eigenvalue weighted by Gasteiger charge is -2.47. The molecule has 2 saturated heterocycles. The van der Waals surface area contributed by atoms with E-state index >= 15 is 0 Å². The van der Waals surface area contributed by atoms with Gasteiger partial charge in [0.15, 0.2) is 0 Å². The quantitative estimate of drug-likeness (QED) is 0.797. The Morgan fingerprint density at radius 3 is 2.75 bits per heavy atom. The first-order valence-electron chi connectivity index (χ1n) is 9.18. The second-order valence-corrected chi connectivity index (χ2v) is 7.58. The van der Waals surface area contributed by atoms with Crippen molar-refractivity contribution in [2.75, 3.05) is 33.3 Å². The number of amides is 2. The predicted octanol–water partition coefficient (Wildman–Crippen LogP) is 0.371. The van der Waals surface area contributed by atoms with Gasteiger partial charge in [-0.2, -0.15) is 5.10 Å². The Morgan fingerprint density at radius 1 is 1.21 bits per heavy atom. The molecule has 2 atom stereocenters. The molecule has 2 fully saturated rings. The molecule has 0 saturated carbocycles. The second kappa shape index (κ2) is 7.54. The highest BCUT2D eigenvalue weighted by Gasteiger charge is 2.46. The standard InChI is InChI=1S/C19H22ClN5O3/c1-22-17(12-26)19(28)24-7-6-23(11-16(24)18(22)27)9-13-8-21-25(10-13)15-5-3-2-4-14(15)20/h2-5,8,10,16-17,26H,6-7,9,11-12H2,1H3/t16-,17+/m1/s1. The van der Waals surface area contributed by atoms with Gasteiger partial charge in [-0.15, -0.1) is 0 Å². The summed E-state index contributed by atoms with van der Waals surface area (Å²) in [5.74, 6) is -0.309. The molecule has 2 aliphatic heterocycles. The van der Waals surface area contributed by atoms with E-state index in [2.05, 4.69) is 10.00 Å². The molecule has 28 heavy (non-hydrogen) atoms. The van der Waals surface area contributed by atoms with Gasteiger partial charge < -0.3 is 14.9 Å². The summed E-state index contributed by atoms with van der Waals surface area (Å²) in [4.78, 5) is 30.3. The van der Waals surface area contributed by atoms with Crippen LogP contribution in [-0.2, 0) is 16.1 Å². The highest BCUT2D eigenvalue weighted by molar-refractivity contribution is 6.32. The molecule has 4 rings (SSSR count). The van der Waals surface area contributed by atoms with Crippen LogP contribution < -0.4 is 0 Å². The molecule has 1 aromatic carbocycles. The van der Waals surface area contributed by atoms with Gasteiger partial charge in [0.1, 0.15) is 12.1 Å². The van der Waals surface area contributed by atoms with Crippen LogP contribution in [0.3, 0.4) is 0 Å². The molecular formula is C19H22ClN5O3. The number of aromatic nitrogens is 2. The largest absolute Gasteiger partial charge is 0.394 e. The number of aliphatic hydroxyl groups is 1. The molecule has 0 unspecified atom stereocenters. The van der Waals surface area contributed by atoms with Crippen molar-refractivity contribution in [2.45, 2.75) is 18.6 Å². The van der Waals surface area contributed by atoms with Crippen molar-refractivity contribution in [3.05, 3.63) is 47.2 Å². The molecule has 0 spiro atoms. The number of rotatable bonds is 4. The number of carbonyl (C=O) groups is 2. The Bertz CT molecular complexity index is 901. The summed E-state index contributed by atoms with van der Waals surface area (Å²) >= 11 is 6.23. The van der Waals surface area contributed by atoms with Gasteiger partial charge in [0, 0.05) is 45.0 Å². The van der Waals surface area contributed by atoms with E-state index in [-0.39, 0.29) is 18.4 Å². The van der Waals surface area contributed by atoms with E-state index < -0.39 is 12.1 Å². The van der Waals surface area contributed by atoms with E-state index in [4.69, 9.17) is 11.6 Å². The Labute approximate surface area is 167 Å². The number of piperazine rings is 2. The number of hydrogen-bond donors (Lipinski definition) is 1. The minimum absolute atomic E-state index is 0.130. The van der Waals surface area contributed by atoms with Gasteiger partial charge >= 0.3 is 0 Å². The van der Waals surface area contributed by atoms with Crippen molar-refractivity contribution in [2.24, 2.45) is 0 Å². The lowest BCUT2D eigenvalue weighted by atomic mass is 10.0. The van der Waals surface area contributed by atoms with E-state index in [0.717, 1.165) is 11.3 Å². The van der Waals surface area contributed by atoms with Gasteiger partial charge in [-0.05, 0) is 12.1 Å². The molecule has 0 aliphatic carbocycles. The smallest absolute Gasteiger partial charge is 0.248 e. The number of carbonyl (C=O) groups excluding carboxylic acids is 2. The average Bonchev–Trinajstić information content (AvgIpc) is 3.15. The van der Waals surface area contributed by atoms with Crippen LogP contribution in [0.25, 0.3) is 5.69 Å². The number of likely N-dealkylation sites (N-methyl/N-ethyl adjacent to an activating group) is 1. The Kier molecular flexibility index (Phi) is 5.09. The molecule has 1 N–H and O–H groups in total. The van der Waals surface area contributed by atoms with Crippen molar-refractivity contribution in [3.8, 4) is 5.69 Å². The number of nitrogens with zero attached hydrogens (tertiary/aromatic N) is 5. The summed E-state index contributed by atoms with van der Waals surface area (Å²) in [6.07, 6.45) is 3.72. The normalized spacial score (nSPS) is 23.2. The Balaban J connectivity index is 1.46. The van der Waals surface area contributed by atoms with Crippen LogP contribution in [0.15, 0.2) is 36.7 Å². The monoisotopic (exact) mass is 403 g/mol. The zero-order valence-electron chi connectivity index (χ0n) is 15.5. The number of fused-ring (bicyclic) bond motifs is 1. The molecule has 1 aromatic heterocycles. The van der Waals surface area contributed by atoms with Crippen LogP contribution in [0.1, 0.15) is 5.56 Å². The number of hydrogen-bond acceptors (Lipinski definition) is 5. The highest BCUT2D eigenvalue weighted by Crippen LogP contribution is 2.23. The number of benzene rings is 1. The fourth-order valence-electron chi connectivity index (χ4n) is 3.87. The van der Waals surface area contributed by atoms with Crippen LogP contribution in [-0.4, -0.2) is 86.8 Å². The molecule has 2 aromatic rings. The number of aliphatic hydroxyl groups excluding tert-OH is 1. The number of para-hydroxylation sites is 1. The fourth-order valence-corrected chi connectivity index (χ4v) is 4.10. The van der Waals surface area contributed by atoms with E-state index in [1.54, 1.807) is 22.8 Å². The first-order valence-corrected chi connectivity index (χ1v) is 9.56. The maximum absolute atomic E-state index is 12.7. The van der Waals surface area contributed by atoms with E-state index in [0.29, 0.717) is 31.2 Å². The van der Waals surface area contributed by atoms with Crippen molar-refractivity contribution in [1.29, 1.82) is 0 Å². The summed E-state index contributed by atoms with van der Waals surface area (Å²) < 4.78 is 1.74. The molecule has 0 bridgehead atoms. The van der Waals surface area contributed by atoms with Crippen LogP contribution in [0.5, 0.6) is 0 Å². The molecule has 2 amide bonds. The fraction of sp³-hybridized carbons (Fsp3) is 0.421. The second-order valence-electron chi connectivity index (χ2n) is 7.17. The lowest BCUT2D eigenvalue weighted by Crippen LogP contribution is -2.69. The molecule has 0 radical (unpaired) electrons. The predicted molar refractivity (Wildman–Crippen MR) is 103 cm³/mol. The minimum atomic E-state index is -0.774. The molecule has 9 heteroatoms. The minimum Gasteiger partial charge on any atom is -0.394 e. The SMILES string of the molecule is CN1C(=O)[C@H]2CN(Cc3cnn(-c4ccccc4Cl)c3)CCN2C(=O)[C@@H]1CO. The molecule has 8 nitrogen and oxygen atoms in total. The molecular weight excluding hydrogens is 382 g/mol. The van der Waals surface area contributed by atoms with E-state index in [1.807, 2.05) is 30.5 Å². The van der Waals surface area contributed by atoms with Gasteiger partial charge in [-0.25, -0.2) is 4.68 Å². The first-order chi connectivity index (χ1) is 13.5. The summed E-state index contributed by atoms with van der Waals surface area (Å²) in [6.45, 7) is 1.87. The maximum Gasteiger partial charge on any atom is 0.248 e. The van der Waals surface area contributed by atoms with Crippen molar-refractivity contribution in [1.82, 2.24) is 24.5 Å². The van der Waals surface area contributed by atoms with Gasteiger partial charge in [0.2, 0.25) is 11.8 Å². The van der Waals surface area contributed by atoms with E-state index in [1.165, 1.54) is 4.90 Å². The third kappa shape index (κ3) is 3.28. The molecule has 2 aliphatic rings. The third-order valence-electron chi connectivity index (χ3n) is 5.45. The van der Waals surface area contributed by atoms with Crippen LogP contribution in [0.4, 0.5) is 0 Å². The highest BCUT2D eigenvalue weighted by atomic mass is 35.5. The Morgan fingerprint density at radius 2 is 2.00 bits per heavy atom.